The summed E-state index contributed by atoms with van der Waals surface area (Å²) in [5, 5.41) is 3.26. The van der Waals surface area contributed by atoms with E-state index in [2.05, 4.69) is 5.32 Å². The molecule has 7 nitrogen and oxygen atoms in total. The Morgan fingerprint density at radius 3 is 2.50 bits per heavy atom. The maximum atomic E-state index is 13.3. The number of nitrogens with zero attached hydrogens (tertiary/aromatic N) is 1. The molecule has 30 heavy (non-hydrogen) atoms. The number of carbonyl (C=O) groups excluding carboxylic acids is 2. The van der Waals surface area contributed by atoms with Gasteiger partial charge < -0.3 is 10.1 Å². The van der Waals surface area contributed by atoms with Crippen LogP contribution < -0.4 is 5.32 Å². The average molecular weight is 451 g/mol. The molecule has 0 aliphatic heterocycles. The lowest BCUT2D eigenvalue weighted by Crippen LogP contribution is -2.38. The number of nitrogens with one attached hydrogen (secondary N) is 1. The molecule has 0 bridgehead atoms. The maximum absolute atomic E-state index is 13.3. The van der Waals surface area contributed by atoms with Crippen molar-refractivity contribution in [2.75, 3.05) is 25.2 Å². The van der Waals surface area contributed by atoms with Gasteiger partial charge in [0, 0.05) is 11.9 Å². The van der Waals surface area contributed by atoms with Crippen molar-refractivity contribution in [1.82, 2.24) is 4.31 Å². The third kappa shape index (κ3) is 4.74. The van der Waals surface area contributed by atoms with Gasteiger partial charge in [0.1, 0.15) is 11.0 Å². The van der Waals surface area contributed by atoms with Gasteiger partial charge in [-0.25, -0.2) is 13.2 Å². The van der Waals surface area contributed by atoms with E-state index in [9.17, 15) is 18.0 Å². The van der Waals surface area contributed by atoms with E-state index in [0.29, 0.717) is 16.1 Å². The predicted molar refractivity (Wildman–Crippen MR) is 117 cm³/mol. The fourth-order valence-corrected chi connectivity index (χ4v) is 5.49. The molecule has 1 aliphatic rings. The van der Waals surface area contributed by atoms with E-state index in [0.717, 1.165) is 46.7 Å². The van der Waals surface area contributed by atoms with E-state index < -0.39 is 27.9 Å². The summed E-state index contributed by atoms with van der Waals surface area (Å²) >= 11 is 1.38. The number of ether oxygens (including phenoxy) is 1. The second-order valence-corrected chi connectivity index (χ2v) is 10.4. The van der Waals surface area contributed by atoms with Gasteiger partial charge in [-0.3, -0.25) is 4.79 Å². The molecule has 162 valence electrons. The van der Waals surface area contributed by atoms with Crippen LogP contribution >= 0.6 is 11.3 Å². The molecule has 1 aliphatic carbocycles. The van der Waals surface area contributed by atoms with Gasteiger partial charge in [0.2, 0.25) is 15.9 Å². The van der Waals surface area contributed by atoms with Crippen molar-refractivity contribution < 1.29 is 22.7 Å². The summed E-state index contributed by atoms with van der Waals surface area (Å²) in [6.45, 7) is 1.97. The molecule has 0 radical (unpaired) electrons. The zero-order chi connectivity index (χ0) is 21.9. The number of fused-ring (bicyclic) bond motifs is 1. The summed E-state index contributed by atoms with van der Waals surface area (Å²) in [7, 11) is -2.27. The second kappa shape index (κ2) is 9.28. The number of esters is 1. The monoisotopic (exact) mass is 450 g/mol. The topological polar surface area (TPSA) is 92.8 Å². The van der Waals surface area contributed by atoms with E-state index in [1.165, 1.54) is 18.4 Å². The molecule has 0 saturated carbocycles. The normalized spacial score (nSPS) is 14.8. The minimum absolute atomic E-state index is 0.236. The number of sulfonamides is 1. The first-order valence-electron chi connectivity index (χ1n) is 9.84. The second-order valence-electron chi connectivity index (χ2n) is 7.22. The zero-order valence-corrected chi connectivity index (χ0v) is 18.9. The molecular formula is C21H26N2O5S2. The van der Waals surface area contributed by atoms with Gasteiger partial charge in [0.05, 0.1) is 18.4 Å². The molecule has 3 rings (SSSR count). The Bertz CT molecular complexity index is 1030. The number of likely N-dealkylation sites (N-methyl/N-ethyl adjacent to an activating group) is 1. The Kier molecular flexibility index (Phi) is 6.95. The van der Waals surface area contributed by atoms with E-state index >= 15 is 0 Å². The molecule has 1 aromatic carbocycles. The quantitative estimate of drug-likeness (QED) is 0.653. The van der Waals surface area contributed by atoms with Crippen LogP contribution in [0.3, 0.4) is 0 Å². The van der Waals surface area contributed by atoms with E-state index in [-0.39, 0.29) is 6.61 Å². The van der Waals surface area contributed by atoms with E-state index in [1.54, 1.807) is 37.3 Å². The Labute approximate surface area is 181 Å². The highest BCUT2D eigenvalue weighted by molar-refractivity contribution is 7.88. The van der Waals surface area contributed by atoms with Gasteiger partial charge >= 0.3 is 5.97 Å². The van der Waals surface area contributed by atoms with Crippen LogP contribution in [0, 0.1) is 0 Å². The van der Waals surface area contributed by atoms with Gasteiger partial charge in [0.25, 0.3) is 0 Å². The fourth-order valence-electron chi connectivity index (χ4n) is 3.61. The first kappa shape index (κ1) is 22.5. The van der Waals surface area contributed by atoms with Crippen molar-refractivity contribution >= 4 is 38.2 Å². The van der Waals surface area contributed by atoms with Crippen molar-refractivity contribution in [2.24, 2.45) is 0 Å². The van der Waals surface area contributed by atoms with Crippen molar-refractivity contribution in [1.29, 1.82) is 0 Å². The van der Waals surface area contributed by atoms with Crippen molar-refractivity contribution in [3.63, 3.8) is 0 Å². The Morgan fingerprint density at radius 2 is 1.87 bits per heavy atom. The van der Waals surface area contributed by atoms with Crippen molar-refractivity contribution in [2.45, 2.75) is 38.6 Å². The summed E-state index contributed by atoms with van der Waals surface area (Å²) in [4.78, 5) is 27.0. The van der Waals surface area contributed by atoms with E-state index in [4.69, 9.17) is 4.74 Å². The lowest BCUT2D eigenvalue weighted by Gasteiger charge is -2.25. The summed E-state index contributed by atoms with van der Waals surface area (Å²) in [5.74, 6) is -0.974. The molecule has 2 aromatic rings. The lowest BCUT2D eigenvalue weighted by atomic mass is 9.95. The molecule has 1 amide bonds. The van der Waals surface area contributed by atoms with Gasteiger partial charge in [-0.15, -0.1) is 11.3 Å². The third-order valence-electron chi connectivity index (χ3n) is 5.14. The van der Waals surface area contributed by atoms with Crippen LogP contribution in [0.15, 0.2) is 30.3 Å². The Morgan fingerprint density at radius 1 is 1.20 bits per heavy atom. The molecule has 0 spiro atoms. The lowest BCUT2D eigenvalue weighted by molar-refractivity contribution is -0.119. The number of thiophene rings is 1. The van der Waals surface area contributed by atoms with Crippen LogP contribution in [0.5, 0.6) is 0 Å². The number of rotatable bonds is 7. The largest absolute Gasteiger partial charge is 0.462 e. The Hall–Kier alpha value is -2.23. The molecule has 1 atom stereocenters. The number of anilines is 1. The first-order valence-corrected chi connectivity index (χ1v) is 12.5. The third-order valence-corrected chi connectivity index (χ3v) is 7.60. The highest BCUT2D eigenvalue weighted by atomic mass is 32.2. The zero-order valence-electron chi connectivity index (χ0n) is 17.3. The number of hydrogen-bond donors (Lipinski definition) is 1. The number of benzene rings is 1. The molecule has 9 heteroatoms. The van der Waals surface area contributed by atoms with Gasteiger partial charge in [-0.1, -0.05) is 30.3 Å². The minimum Gasteiger partial charge on any atom is -0.462 e. The molecule has 1 aromatic heterocycles. The molecule has 1 heterocycles. The molecule has 1 N–H and O–H groups in total. The van der Waals surface area contributed by atoms with E-state index in [1.807, 2.05) is 0 Å². The van der Waals surface area contributed by atoms with Gasteiger partial charge in [-0.05, 0) is 43.7 Å². The molecule has 1 unspecified atom stereocenters. The highest BCUT2D eigenvalue weighted by Crippen LogP contribution is 2.39. The maximum Gasteiger partial charge on any atom is 0.341 e. The smallest absolute Gasteiger partial charge is 0.341 e. The van der Waals surface area contributed by atoms with Crippen molar-refractivity contribution in [3.05, 3.63) is 51.9 Å². The number of hydrogen-bond acceptors (Lipinski definition) is 6. The van der Waals surface area contributed by atoms with Gasteiger partial charge in [0.15, 0.2) is 0 Å². The van der Waals surface area contributed by atoms with Crippen LogP contribution in [0.25, 0.3) is 0 Å². The fraction of sp³-hybridized carbons (Fsp3) is 0.429. The summed E-state index contributed by atoms with van der Waals surface area (Å²) in [5.41, 5.74) is 1.88. The van der Waals surface area contributed by atoms with Gasteiger partial charge in [-0.2, -0.15) is 4.31 Å². The highest BCUT2D eigenvalue weighted by Gasteiger charge is 2.33. The Balaban J connectivity index is 2.00. The number of amides is 1. The summed E-state index contributed by atoms with van der Waals surface area (Å²) in [6, 6.07) is 7.65. The van der Waals surface area contributed by atoms with Crippen LogP contribution in [0.1, 0.15) is 52.2 Å². The predicted octanol–water partition coefficient (Wildman–Crippen LogP) is 3.37. The van der Waals surface area contributed by atoms with Crippen LogP contribution in [-0.4, -0.2) is 44.5 Å². The molecular weight excluding hydrogens is 424 g/mol. The van der Waals surface area contributed by atoms with Crippen LogP contribution in [-0.2, 0) is 32.4 Å². The molecule has 0 fully saturated rings. The van der Waals surface area contributed by atoms with Crippen LogP contribution in [0.4, 0.5) is 5.00 Å². The summed E-state index contributed by atoms with van der Waals surface area (Å²) < 4.78 is 30.7. The minimum atomic E-state index is -3.64. The SMILES string of the molecule is CCOC(=O)c1c(NC(=O)C(c2ccccc2)N(C)S(C)(=O)=O)sc2c1CCCC2. The standard InChI is InChI=1S/C21H26N2O5S2/c1-4-28-21(25)17-15-12-8-9-13-16(15)29-20(17)22-19(24)18(23(2)30(3,26)27)14-10-6-5-7-11-14/h5-7,10-11,18H,4,8-9,12-13H2,1-3H3,(H,22,24). The summed E-state index contributed by atoms with van der Waals surface area (Å²) in [6.07, 6.45) is 4.69. The average Bonchev–Trinajstić information content (AvgIpc) is 3.06. The van der Waals surface area contributed by atoms with Crippen LogP contribution in [0.2, 0.25) is 0 Å². The first-order chi connectivity index (χ1) is 14.2. The number of aryl methyl sites for hydroxylation is 1. The number of carbonyl (C=O) groups is 2. The molecule has 0 saturated heterocycles. The van der Waals surface area contributed by atoms with Crippen molar-refractivity contribution in [3.8, 4) is 0 Å².